The summed E-state index contributed by atoms with van der Waals surface area (Å²) in [6.45, 7) is 4.54. The predicted octanol–water partition coefficient (Wildman–Crippen LogP) is 2.09. The quantitative estimate of drug-likeness (QED) is 0.806. The molecule has 0 aromatic heterocycles. The summed E-state index contributed by atoms with van der Waals surface area (Å²) in [5, 5.41) is 0. The number of nitrogens with two attached hydrogens (primary N) is 1. The van der Waals surface area contributed by atoms with Gasteiger partial charge in [0, 0.05) is 30.3 Å². The summed E-state index contributed by atoms with van der Waals surface area (Å²) in [7, 11) is 0. The van der Waals surface area contributed by atoms with E-state index in [1.54, 1.807) is 6.08 Å². The highest BCUT2D eigenvalue weighted by atomic mass is 19.3. The summed E-state index contributed by atoms with van der Waals surface area (Å²) >= 11 is 0. The summed E-state index contributed by atoms with van der Waals surface area (Å²) in [6, 6.07) is 0. The molecular weight excluding hydrogens is 290 g/mol. The van der Waals surface area contributed by atoms with E-state index in [2.05, 4.69) is 0 Å². The molecule has 3 aliphatic rings. The molecule has 122 valence electrons. The van der Waals surface area contributed by atoms with Gasteiger partial charge in [0.15, 0.2) is 5.78 Å². The van der Waals surface area contributed by atoms with Crippen LogP contribution in [0.25, 0.3) is 0 Å². The first-order chi connectivity index (χ1) is 10.1. The Kier molecular flexibility index (Phi) is 3.17. The highest BCUT2D eigenvalue weighted by Crippen LogP contribution is 2.49. The summed E-state index contributed by atoms with van der Waals surface area (Å²) in [4.78, 5) is 25.9. The standard InChI is InChI=1S/C16H22F2N2O2/c1-14(2)8-15(7-11(19)12(14)21)5-6-20(9-15)13(22)10-3-4-16(10,17)18/h7,10H,3-6,8-9,19H2,1-2H3/t10?,15-/m1/s1. The Morgan fingerprint density at radius 3 is 2.55 bits per heavy atom. The average Bonchev–Trinajstić information content (AvgIpc) is 2.78. The second-order valence-electron chi connectivity index (χ2n) is 7.71. The lowest BCUT2D eigenvalue weighted by molar-refractivity contribution is -0.171. The molecule has 1 heterocycles. The first-order valence-corrected chi connectivity index (χ1v) is 7.76. The van der Waals surface area contributed by atoms with Gasteiger partial charge in [-0.15, -0.1) is 0 Å². The zero-order chi connectivity index (χ0) is 16.3. The number of alkyl halides is 2. The lowest BCUT2D eigenvalue weighted by Gasteiger charge is -2.40. The number of rotatable bonds is 1. The van der Waals surface area contributed by atoms with E-state index < -0.39 is 23.2 Å². The molecule has 2 aliphatic carbocycles. The van der Waals surface area contributed by atoms with E-state index in [0.29, 0.717) is 25.9 Å². The van der Waals surface area contributed by atoms with E-state index >= 15 is 0 Å². The Bertz CT molecular complexity index is 570. The minimum Gasteiger partial charge on any atom is -0.396 e. The fraction of sp³-hybridized carbons (Fsp3) is 0.750. The first kappa shape index (κ1) is 15.4. The molecule has 1 aliphatic heterocycles. The maximum absolute atomic E-state index is 13.5. The molecule has 1 saturated heterocycles. The molecule has 2 atom stereocenters. The number of carbonyl (C=O) groups is 2. The summed E-state index contributed by atoms with van der Waals surface area (Å²) in [5.41, 5.74) is 5.17. The van der Waals surface area contributed by atoms with Crippen LogP contribution in [-0.4, -0.2) is 35.6 Å². The van der Waals surface area contributed by atoms with Crippen LogP contribution in [0.3, 0.4) is 0 Å². The van der Waals surface area contributed by atoms with E-state index in [0.717, 1.165) is 0 Å². The minimum atomic E-state index is -2.86. The maximum atomic E-state index is 13.5. The molecule has 2 N–H and O–H groups in total. The van der Waals surface area contributed by atoms with Crippen LogP contribution in [-0.2, 0) is 9.59 Å². The predicted molar refractivity (Wildman–Crippen MR) is 77.0 cm³/mol. The molecule has 4 nitrogen and oxygen atoms in total. The van der Waals surface area contributed by atoms with Gasteiger partial charge in [0.25, 0.3) is 5.92 Å². The number of hydrogen-bond donors (Lipinski definition) is 1. The number of amides is 1. The summed E-state index contributed by atoms with van der Waals surface area (Å²) in [6.07, 6.45) is 3.10. The number of hydrogen-bond acceptors (Lipinski definition) is 3. The van der Waals surface area contributed by atoms with Crippen LogP contribution < -0.4 is 5.73 Å². The SMILES string of the molecule is CC1(C)C[C@]2(C=C(N)C1=O)CCN(C(=O)C1CCC1(F)F)C2. The number of allylic oxidation sites excluding steroid dienone is 1. The molecule has 22 heavy (non-hydrogen) atoms. The highest BCUT2D eigenvalue weighted by Gasteiger charge is 2.56. The van der Waals surface area contributed by atoms with Crippen LogP contribution in [0, 0.1) is 16.7 Å². The minimum absolute atomic E-state index is 0.0755. The zero-order valence-electron chi connectivity index (χ0n) is 13.0. The van der Waals surface area contributed by atoms with E-state index in [1.807, 2.05) is 13.8 Å². The third-order valence-electron chi connectivity index (χ3n) is 5.40. The molecule has 0 aromatic carbocycles. The van der Waals surface area contributed by atoms with E-state index in [4.69, 9.17) is 5.73 Å². The van der Waals surface area contributed by atoms with Crippen molar-refractivity contribution >= 4 is 11.7 Å². The van der Waals surface area contributed by atoms with Crippen molar-refractivity contribution in [1.29, 1.82) is 0 Å². The molecule has 1 unspecified atom stereocenters. The normalized spacial score (nSPS) is 36.2. The topological polar surface area (TPSA) is 63.4 Å². The van der Waals surface area contributed by atoms with Gasteiger partial charge in [0.05, 0.1) is 5.70 Å². The molecule has 1 saturated carbocycles. The highest BCUT2D eigenvalue weighted by molar-refractivity contribution is 5.99. The van der Waals surface area contributed by atoms with Gasteiger partial charge in [-0.1, -0.05) is 13.8 Å². The van der Waals surface area contributed by atoms with Crippen LogP contribution in [0.4, 0.5) is 8.78 Å². The van der Waals surface area contributed by atoms with Crippen molar-refractivity contribution in [3.8, 4) is 0 Å². The van der Waals surface area contributed by atoms with Gasteiger partial charge in [0.1, 0.15) is 5.92 Å². The van der Waals surface area contributed by atoms with Crippen LogP contribution >= 0.6 is 0 Å². The van der Waals surface area contributed by atoms with Crippen molar-refractivity contribution in [1.82, 2.24) is 4.90 Å². The summed E-state index contributed by atoms with van der Waals surface area (Å²) in [5.74, 6) is -4.55. The number of halogens is 2. The molecule has 0 bridgehead atoms. The van der Waals surface area contributed by atoms with E-state index in [9.17, 15) is 18.4 Å². The smallest absolute Gasteiger partial charge is 0.259 e. The van der Waals surface area contributed by atoms with E-state index in [-0.39, 0.29) is 29.7 Å². The van der Waals surface area contributed by atoms with Crippen LogP contribution in [0.15, 0.2) is 11.8 Å². The van der Waals surface area contributed by atoms with Gasteiger partial charge in [-0.05, 0) is 25.3 Å². The van der Waals surface area contributed by atoms with Crippen LogP contribution in [0.2, 0.25) is 0 Å². The van der Waals surface area contributed by atoms with Crippen molar-refractivity contribution in [2.75, 3.05) is 13.1 Å². The molecule has 0 radical (unpaired) electrons. The van der Waals surface area contributed by atoms with Gasteiger partial charge in [-0.3, -0.25) is 9.59 Å². The van der Waals surface area contributed by atoms with Crippen molar-refractivity contribution in [3.05, 3.63) is 11.8 Å². The van der Waals surface area contributed by atoms with Gasteiger partial charge in [0.2, 0.25) is 5.91 Å². The number of Topliss-reactive ketones (excluding diaryl/α,β-unsaturated/α-hetero) is 1. The number of likely N-dealkylation sites (tertiary alicyclic amines) is 1. The van der Waals surface area contributed by atoms with Crippen molar-refractivity contribution < 1.29 is 18.4 Å². The van der Waals surface area contributed by atoms with Crippen molar-refractivity contribution in [2.24, 2.45) is 22.5 Å². The fourth-order valence-electron chi connectivity index (χ4n) is 4.18. The van der Waals surface area contributed by atoms with Gasteiger partial charge < -0.3 is 10.6 Å². The lowest BCUT2D eigenvalue weighted by atomic mass is 9.65. The molecule has 2 fully saturated rings. The van der Waals surface area contributed by atoms with Gasteiger partial charge >= 0.3 is 0 Å². The average molecular weight is 312 g/mol. The number of ketones is 1. The first-order valence-electron chi connectivity index (χ1n) is 7.76. The molecule has 3 rings (SSSR count). The van der Waals surface area contributed by atoms with Gasteiger partial charge in [-0.2, -0.15) is 0 Å². The third kappa shape index (κ3) is 2.23. The Morgan fingerprint density at radius 2 is 2.05 bits per heavy atom. The monoisotopic (exact) mass is 312 g/mol. The van der Waals surface area contributed by atoms with E-state index in [1.165, 1.54) is 4.90 Å². The van der Waals surface area contributed by atoms with Crippen molar-refractivity contribution in [2.45, 2.75) is 45.5 Å². The fourth-order valence-corrected chi connectivity index (χ4v) is 4.18. The Balaban J connectivity index is 1.77. The Labute approximate surface area is 128 Å². The molecule has 1 spiro atoms. The number of nitrogens with zero attached hydrogens (tertiary/aromatic N) is 1. The molecular formula is C16H22F2N2O2. The second-order valence-corrected chi connectivity index (χ2v) is 7.71. The molecule has 1 amide bonds. The molecule has 0 aromatic rings. The third-order valence-corrected chi connectivity index (χ3v) is 5.40. The zero-order valence-corrected chi connectivity index (χ0v) is 13.0. The van der Waals surface area contributed by atoms with Crippen LogP contribution in [0.5, 0.6) is 0 Å². The Morgan fingerprint density at radius 1 is 1.36 bits per heavy atom. The maximum Gasteiger partial charge on any atom is 0.259 e. The second kappa shape index (κ2) is 4.52. The number of carbonyl (C=O) groups excluding carboxylic acids is 2. The van der Waals surface area contributed by atoms with Crippen LogP contribution in [0.1, 0.15) is 39.5 Å². The summed E-state index contributed by atoms with van der Waals surface area (Å²) < 4.78 is 26.9. The lowest BCUT2D eigenvalue weighted by Crippen LogP contribution is -2.50. The van der Waals surface area contributed by atoms with Gasteiger partial charge in [-0.25, -0.2) is 8.78 Å². The molecule has 6 heteroatoms. The Hall–Kier alpha value is -1.46. The van der Waals surface area contributed by atoms with Crippen molar-refractivity contribution in [3.63, 3.8) is 0 Å². The largest absolute Gasteiger partial charge is 0.396 e.